The van der Waals surface area contributed by atoms with Crippen LogP contribution in [-0.4, -0.2) is 20.6 Å². The predicted octanol–water partition coefficient (Wildman–Crippen LogP) is 5.01. The van der Waals surface area contributed by atoms with Crippen LogP contribution in [0, 0.1) is 0 Å². The van der Waals surface area contributed by atoms with E-state index in [9.17, 15) is 13.2 Å². The van der Waals surface area contributed by atoms with E-state index in [1.165, 1.54) is 17.7 Å². The molecule has 0 radical (unpaired) electrons. The van der Waals surface area contributed by atoms with Crippen LogP contribution in [0.25, 0.3) is 0 Å². The summed E-state index contributed by atoms with van der Waals surface area (Å²) in [6, 6.07) is 18.1. The van der Waals surface area contributed by atoms with Crippen LogP contribution in [0.15, 0.2) is 70.9 Å². The SMILES string of the molecule is CCCCc1ccc(C(NC(=O)c2cccc(S(C)(=O)=O)c2)c2cccs2)cc1. The quantitative estimate of drug-likeness (QED) is 0.549. The van der Waals surface area contributed by atoms with Crippen LogP contribution >= 0.6 is 11.3 Å². The van der Waals surface area contributed by atoms with Crippen molar-refractivity contribution in [3.05, 3.63) is 87.6 Å². The van der Waals surface area contributed by atoms with Crippen LogP contribution in [0.3, 0.4) is 0 Å². The van der Waals surface area contributed by atoms with Crippen molar-refractivity contribution in [1.82, 2.24) is 5.32 Å². The summed E-state index contributed by atoms with van der Waals surface area (Å²) in [4.78, 5) is 14.1. The summed E-state index contributed by atoms with van der Waals surface area (Å²) in [5, 5.41) is 5.05. The Morgan fingerprint density at radius 1 is 1.07 bits per heavy atom. The molecule has 3 rings (SSSR count). The zero-order valence-electron chi connectivity index (χ0n) is 16.6. The number of amides is 1. The lowest BCUT2D eigenvalue weighted by Gasteiger charge is -2.19. The molecule has 1 aromatic heterocycles. The molecular weight excluding hydrogens is 402 g/mol. The maximum Gasteiger partial charge on any atom is 0.252 e. The number of thiophene rings is 1. The number of carbonyl (C=O) groups is 1. The van der Waals surface area contributed by atoms with Gasteiger partial charge in [-0.05, 0) is 53.6 Å². The van der Waals surface area contributed by atoms with Gasteiger partial charge in [-0.25, -0.2) is 8.42 Å². The number of hydrogen-bond donors (Lipinski definition) is 1. The van der Waals surface area contributed by atoms with Gasteiger partial charge in [-0.3, -0.25) is 4.79 Å². The van der Waals surface area contributed by atoms with Gasteiger partial charge in [0.15, 0.2) is 9.84 Å². The molecule has 4 nitrogen and oxygen atoms in total. The third-order valence-electron chi connectivity index (χ3n) is 4.76. The smallest absolute Gasteiger partial charge is 0.252 e. The third kappa shape index (κ3) is 5.55. The Kier molecular flexibility index (Phi) is 6.87. The van der Waals surface area contributed by atoms with Gasteiger partial charge in [-0.1, -0.05) is 49.7 Å². The van der Waals surface area contributed by atoms with Crippen LogP contribution in [0.5, 0.6) is 0 Å². The van der Waals surface area contributed by atoms with Crippen molar-refractivity contribution < 1.29 is 13.2 Å². The minimum Gasteiger partial charge on any atom is -0.340 e. The lowest BCUT2D eigenvalue weighted by atomic mass is 10.0. The van der Waals surface area contributed by atoms with Gasteiger partial charge in [0.2, 0.25) is 0 Å². The first-order valence-electron chi connectivity index (χ1n) is 9.61. The van der Waals surface area contributed by atoms with Crippen molar-refractivity contribution in [2.75, 3.05) is 6.26 Å². The molecule has 0 fully saturated rings. The van der Waals surface area contributed by atoms with Crippen molar-refractivity contribution in [3.63, 3.8) is 0 Å². The highest BCUT2D eigenvalue weighted by molar-refractivity contribution is 7.90. The fraction of sp³-hybridized carbons (Fsp3) is 0.261. The Hall–Kier alpha value is -2.44. The van der Waals surface area contributed by atoms with E-state index >= 15 is 0 Å². The van der Waals surface area contributed by atoms with Crippen molar-refractivity contribution in [2.45, 2.75) is 37.1 Å². The van der Waals surface area contributed by atoms with Gasteiger partial charge < -0.3 is 5.32 Å². The summed E-state index contributed by atoms with van der Waals surface area (Å²) >= 11 is 1.58. The number of carbonyl (C=O) groups excluding carboxylic acids is 1. The highest BCUT2D eigenvalue weighted by Crippen LogP contribution is 2.27. The van der Waals surface area contributed by atoms with Crippen molar-refractivity contribution >= 4 is 27.1 Å². The predicted molar refractivity (Wildman–Crippen MR) is 118 cm³/mol. The summed E-state index contributed by atoms with van der Waals surface area (Å²) in [6.45, 7) is 2.18. The average molecular weight is 428 g/mol. The number of aryl methyl sites for hydroxylation is 1. The third-order valence-corrected chi connectivity index (χ3v) is 6.81. The standard InChI is InChI=1S/C23H25NO3S2/c1-3-4-7-17-11-13-18(14-12-17)22(21-10-6-15-28-21)24-23(25)19-8-5-9-20(16-19)29(2,26)27/h5-6,8-16,22H,3-4,7H2,1-2H3,(H,24,25). The number of benzene rings is 2. The van der Waals surface area contributed by atoms with E-state index in [1.54, 1.807) is 23.5 Å². The first kappa shape index (κ1) is 21.3. The highest BCUT2D eigenvalue weighted by atomic mass is 32.2. The van der Waals surface area contributed by atoms with Crippen LogP contribution in [0.2, 0.25) is 0 Å². The summed E-state index contributed by atoms with van der Waals surface area (Å²) in [6.07, 6.45) is 4.49. The van der Waals surface area contributed by atoms with E-state index in [2.05, 4.69) is 36.5 Å². The molecule has 1 N–H and O–H groups in total. The van der Waals surface area contributed by atoms with Crippen molar-refractivity contribution in [1.29, 1.82) is 0 Å². The van der Waals surface area contributed by atoms with E-state index in [-0.39, 0.29) is 16.8 Å². The minimum absolute atomic E-state index is 0.137. The zero-order valence-corrected chi connectivity index (χ0v) is 18.2. The van der Waals surface area contributed by atoms with Gasteiger partial charge in [0.1, 0.15) is 0 Å². The zero-order chi connectivity index (χ0) is 20.9. The maximum atomic E-state index is 12.9. The number of hydrogen-bond acceptors (Lipinski definition) is 4. The molecule has 6 heteroatoms. The molecule has 1 heterocycles. The first-order valence-corrected chi connectivity index (χ1v) is 12.4. The van der Waals surface area contributed by atoms with Crippen LogP contribution < -0.4 is 5.32 Å². The Bertz CT molecular complexity index is 1060. The molecule has 0 bridgehead atoms. The Labute approximate surface area is 176 Å². The highest BCUT2D eigenvalue weighted by Gasteiger charge is 2.20. The van der Waals surface area contributed by atoms with E-state index in [0.29, 0.717) is 5.56 Å². The van der Waals surface area contributed by atoms with Crippen LogP contribution in [0.1, 0.15) is 52.2 Å². The molecule has 0 spiro atoms. The molecule has 2 aromatic carbocycles. The number of sulfone groups is 1. The summed E-state index contributed by atoms with van der Waals surface area (Å²) < 4.78 is 23.6. The van der Waals surface area contributed by atoms with Gasteiger partial charge >= 0.3 is 0 Å². The minimum atomic E-state index is -3.37. The Morgan fingerprint density at radius 2 is 1.83 bits per heavy atom. The fourth-order valence-corrected chi connectivity index (χ4v) is 4.58. The molecule has 152 valence electrons. The van der Waals surface area contributed by atoms with Gasteiger partial charge in [0.05, 0.1) is 10.9 Å². The molecule has 0 aliphatic carbocycles. The second-order valence-corrected chi connectivity index (χ2v) is 10.1. The van der Waals surface area contributed by atoms with Crippen molar-refractivity contribution in [2.24, 2.45) is 0 Å². The van der Waals surface area contributed by atoms with Crippen LogP contribution in [-0.2, 0) is 16.3 Å². The van der Waals surface area contributed by atoms with Crippen molar-refractivity contribution in [3.8, 4) is 0 Å². The molecule has 1 atom stereocenters. The monoisotopic (exact) mass is 427 g/mol. The van der Waals surface area contributed by atoms with E-state index < -0.39 is 9.84 Å². The second kappa shape index (κ2) is 9.37. The normalized spacial score (nSPS) is 12.5. The second-order valence-electron chi connectivity index (χ2n) is 7.07. The average Bonchev–Trinajstić information content (AvgIpc) is 3.25. The topological polar surface area (TPSA) is 63.2 Å². The van der Waals surface area contributed by atoms with Crippen LogP contribution in [0.4, 0.5) is 0 Å². The molecule has 29 heavy (non-hydrogen) atoms. The fourth-order valence-electron chi connectivity index (χ4n) is 3.11. The largest absolute Gasteiger partial charge is 0.340 e. The molecule has 0 aliphatic heterocycles. The summed E-state index contributed by atoms with van der Waals surface area (Å²) in [5.74, 6) is -0.302. The van der Waals surface area contributed by atoms with E-state index in [1.807, 2.05) is 17.5 Å². The number of rotatable bonds is 8. The number of unbranched alkanes of at least 4 members (excludes halogenated alkanes) is 1. The lowest BCUT2D eigenvalue weighted by Crippen LogP contribution is -2.29. The molecule has 3 aromatic rings. The van der Waals surface area contributed by atoms with Gasteiger partial charge in [0, 0.05) is 16.7 Å². The molecule has 1 amide bonds. The molecular formula is C23H25NO3S2. The Morgan fingerprint density at radius 3 is 2.45 bits per heavy atom. The molecule has 0 saturated heterocycles. The van der Waals surface area contributed by atoms with Gasteiger partial charge in [0.25, 0.3) is 5.91 Å². The summed E-state index contributed by atoms with van der Waals surface area (Å²) in [5.41, 5.74) is 2.61. The molecule has 0 saturated carbocycles. The molecule has 1 unspecified atom stereocenters. The molecule has 0 aliphatic rings. The number of nitrogens with one attached hydrogen (secondary N) is 1. The Balaban J connectivity index is 1.86. The van der Waals surface area contributed by atoms with Gasteiger partial charge in [-0.2, -0.15) is 0 Å². The first-order chi connectivity index (χ1) is 13.9. The summed E-state index contributed by atoms with van der Waals surface area (Å²) in [7, 11) is -3.37. The lowest BCUT2D eigenvalue weighted by molar-refractivity contribution is 0.0943. The van der Waals surface area contributed by atoms with E-state index in [4.69, 9.17) is 0 Å². The maximum absolute atomic E-state index is 12.9. The van der Waals surface area contributed by atoms with Gasteiger partial charge in [-0.15, -0.1) is 11.3 Å². The van der Waals surface area contributed by atoms with E-state index in [0.717, 1.165) is 36.0 Å².